The van der Waals surface area contributed by atoms with E-state index in [0.717, 1.165) is 5.56 Å². The smallest absolute Gasteiger partial charge is 0.257 e. The molecule has 2 aromatic rings. The maximum Gasteiger partial charge on any atom is 0.257 e. The minimum Gasteiger partial charge on any atom is -0.506 e. The summed E-state index contributed by atoms with van der Waals surface area (Å²) in [5, 5.41) is 12.6. The first kappa shape index (κ1) is 20.2. The van der Waals surface area contributed by atoms with Gasteiger partial charge in [0.25, 0.3) is 5.91 Å². The average molecular weight is 397 g/mol. The summed E-state index contributed by atoms with van der Waals surface area (Å²) in [6.07, 6.45) is 0. The second-order valence-electron chi connectivity index (χ2n) is 5.71. The summed E-state index contributed by atoms with van der Waals surface area (Å²) in [6.45, 7) is 5.93. The molecule has 0 aromatic heterocycles. The van der Waals surface area contributed by atoms with Crippen molar-refractivity contribution < 1.29 is 18.3 Å². The van der Waals surface area contributed by atoms with E-state index in [0.29, 0.717) is 13.1 Å². The van der Waals surface area contributed by atoms with Crippen LogP contribution in [0.4, 0.5) is 5.69 Å². The number of sulfonamides is 1. The largest absolute Gasteiger partial charge is 0.506 e. The minimum absolute atomic E-state index is 0.0103. The van der Waals surface area contributed by atoms with Gasteiger partial charge in [0.15, 0.2) is 0 Å². The summed E-state index contributed by atoms with van der Waals surface area (Å²) in [7, 11) is -3.72. The molecule has 6 nitrogen and oxygen atoms in total. The van der Waals surface area contributed by atoms with Crippen LogP contribution < -0.4 is 5.32 Å². The molecule has 0 aliphatic heterocycles. The van der Waals surface area contributed by atoms with Crippen molar-refractivity contribution in [3.63, 3.8) is 0 Å². The number of aromatic hydroxyl groups is 1. The van der Waals surface area contributed by atoms with Crippen LogP contribution in [-0.4, -0.2) is 36.8 Å². The fraction of sp³-hybridized carbons (Fsp3) is 0.278. The number of hydrogen-bond donors (Lipinski definition) is 2. The molecule has 0 unspecified atom stereocenters. The number of benzene rings is 2. The number of carbonyl (C=O) groups is 1. The summed E-state index contributed by atoms with van der Waals surface area (Å²) in [6, 6.07) is 8.80. The van der Waals surface area contributed by atoms with Gasteiger partial charge in [0.05, 0.1) is 21.2 Å². The van der Waals surface area contributed by atoms with E-state index in [1.165, 1.54) is 28.6 Å². The number of carbonyl (C=O) groups excluding carboxylic acids is 1. The molecule has 2 aromatic carbocycles. The molecule has 0 aliphatic rings. The first-order valence-electron chi connectivity index (χ1n) is 8.11. The molecule has 140 valence electrons. The minimum atomic E-state index is -3.72. The van der Waals surface area contributed by atoms with E-state index < -0.39 is 15.9 Å². The lowest BCUT2D eigenvalue weighted by atomic mass is 10.2. The van der Waals surface area contributed by atoms with E-state index in [4.69, 9.17) is 11.6 Å². The molecule has 0 bridgehead atoms. The van der Waals surface area contributed by atoms with Crippen molar-refractivity contribution in [1.82, 2.24) is 4.31 Å². The van der Waals surface area contributed by atoms with E-state index in [1.54, 1.807) is 26.0 Å². The Bertz CT molecular complexity index is 925. The van der Waals surface area contributed by atoms with Gasteiger partial charge in [-0.25, -0.2) is 8.42 Å². The average Bonchev–Trinajstić information content (AvgIpc) is 2.58. The van der Waals surface area contributed by atoms with E-state index in [9.17, 15) is 18.3 Å². The molecule has 2 N–H and O–H groups in total. The molecule has 0 radical (unpaired) electrons. The van der Waals surface area contributed by atoms with E-state index in [1.807, 2.05) is 6.92 Å². The predicted octanol–water partition coefficient (Wildman–Crippen LogP) is 3.64. The summed E-state index contributed by atoms with van der Waals surface area (Å²) >= 11 is 6.09. The second-order valence-corrected chi connectivity index (χ2v) is 8.05. The van der Waals surface area contributed by atoms with Crippen LogP contribution in [0.3, 0.4) is 0 Å². The van der Waals surface area contributed by atoms with Crippen LogP contribution in [-0.2, 0) is 10.0 Å². The highest BCUT2D eigenvalue weighted by Crippen LogP contribution is 2.27. The van der Waals surface area contributed by atoms with Crippen molar-refractivity contribution in [3.8, 4) is 5.75 Å². The molecule has 26 heavy (non-hydrogen) atoms. The Hall–Kier alpha value is -2.09. The van der Waals surface area contributed by atoms with Crippen molar-refractivity contribution in [3.05, 3.63) is 52.5 Å². The maximum absolute atomic E-state index is 12.6. The highest BCUT2D eigenvalue weighted by Gasteiger charge is 2.24. The van der Waals surface area contributed by atoms with Crippen molar-refractivity contribution in [1.29, 1.82) is 0 Å². The first-order valence-corrected chi connectivity index (χ1v) is 9.93. The molecule has 0 saturated carbocycles. The number of anilines is 1. The normalized spacial score (nSPS) is 11.6. The number of rotatable bonds is 6. The van der Waals surface area contributed by atoms with Crippen LogP contribution in [0.2, 0.25) is 5.02 Å². The van der Waals surface area contributed by atoms with Crippen LogP contribution in [0, 0.1) is 6.92 Å². The zero-order valence-corrected chi connectivity index (χ0v) is 16.4. The van der Waals surface area contributed by atoms with Crippen molar-refractivity contribution in [2.24, 2.45) is 0 Å². The maximum atomic E-state index is 12.6. The number of phenols is 1. The Kier molecular flexibility index (Phi) is 6.28. The Morgan fingerprint density at radius 1 is 1.15 bits per heavy atom. The van der Waals surface area contributed by atoms with E-state index in [-0.39, 0.29) is 26.9 Å². The van der Waals surface area contributed by atoms with E-state index >= 15 is 0 Å². The number of phenolic OH excluding ortho intramolecular Hbond substituents is 1. The topological polar surface area (TPSA) is 86.7 Å². The van der Waals surface area contributed by atoms with Gasteiger partial charge in [0.1, 0.15) is 5.75 Å². The lowest BCUT2D eigenvalue weighted by Crippen LogP contribution is -2.30. The SMILES string of the molecule is CCN(CC)S(=O)(=O)c1ccc(Cl)c(C(=O)Nc2ccc(C)cc2O)c1. The predicted molar refractivity (Wildman–Crippen MR) is 102 cm³/mol. The summed E-state index contributed by atoms with van der Waals surface area (Å²) in [5.74, 6) is -0.688. The molecule has 0 fully saturated rings. The highest BCUT2D eigenvalue weighted by molar-refractivity contribution is 7.89. The molecular formula is C18H21ClN2O4S. The number of amides is 1. The van der Waals surface area contributed by atoms with Crippen molar-refractivity contribution in [2.45, 2.75) is 25.7 Å². The molecule has 0 heterocycles. The van der Waals surface area contributed by atoms with Gasteiger partial charge in [-0.3, -0.25) is 4.79 Å². The van der Waals surface area contributed by atoms with Gasteiger partial charge in [0.2, 0.25) is 10.0 Å². The summed E-state index contributed by atoms with van der Waals surface area (Å²) in [5.41, 5.74) is 1.07. The zero-order chi connectivity index (χ0) is 19.5. The fourth-order valence-corrected chi connectivity index (χ4v) is 4.18. The van der Waals surface area contributed by atoms with Gasteiger partial charge in [-0.05, 0) is 42.8 Å². The second kappa shape index (κ2) is 8.07. The third-order valence-electron chi connectivity index (χ3n) is 3.93. The molecule has 0 atom stereocenters. The molecule has 0 spiro atoms. The number of nitrogens with one attached hydrogen (secondary N) is 1. The number of hydrogen-bond acceptors (Lipinski definition) is 4. The van der Waals surface area contributed by atoms with Gasteiger partial charge in [-0.2, -0.15) is 4.31 Å². The number of nitrogens with zero attached hydrogens (tertiary/aromatic N) is 1. The van der Waals surface area contributed by atoms with Crippen LogP contribution >= 0.6 is 11.6 Å². The lowest BCUT2D eigenvalue weighted by molar-refractivity contribution is 0.102. The van der Waals surface area contributed by atoms with Gasteiger partial charge in [-0.15, -0.1) is 0 Å². The van der Waals surface area contributed by atoms with Gasteiger partial charge in [-0.1, -0.05) is 31.5 Å². The third-order valence-corrected chi connectivity index (χ3v) is 6.30. The van der Waals surface area contributed by atoms with Crippen molar-refractivity contribution >= 4 is 33.2 Å². The highest BCUT2D eigenvalue weighted by atomic mass is 35.5. The number of halogens is 1. The van der Waals surface area contributed by atoms with Crippen LogP contribution in [0.5, 0.6) is 5.75 Å². The molecule has 1 amide bonds. The van der Waals surface area contributed by atoms with Crippen LogP contribution in [0.25, 0.3) is 0 Å². The Morgan fingerprint density at radius 2 is 1.81 bits per heavy atom. The molecule has 2 rings (SSSR count). The molecular weight excluding hydrogens is 376 g/mol. The van der Waals surface area contributed by atoms with Crippen molar-refractivity contribution in [2.75, 3.05) is 18.4 Å². The summed E-state index contributed by atoms with van der Waals surface area (Å²) in [4.78, 5) is 12.5. The van der Waals surface area contributed by atoms with Gasteiger partial charge >= 0.3 is 0 Å². The monoisotopic (exact) mass is 396 g/mol. The molecule has 0 saturated heterocycles. The zero-order valence-electron chi connectivity index (χ0n) is 14.8. The number of aryl methyl sites for hydroxylation is 1. The molecule has 0 aliphatic carbocycles. The standard InChI is InChI=1S/C18H21ClN2O4S/c1-4-21(5-2)26(24,25)13-7-8-15(19)14(11-13)18(23)20-16-9-6-12(3)10-17(16)22/h6-11,22H,4-5H2,1-3H3,(H,20,23). The van der Waals surface area contributed by atoms with Gasteiger partial charge < -0.3 is 10.4 Å². The molecule has 8 heteroatoms. The lowest BCUT2D eigenvalue weighted by Gasteiger charge is -2.19. The van der Waals surface area contributed by atoms with E-state index in [2.05, 4.69) is 5.32 Å². The Balaban J connectivity index is 2.39. The Morgan fingerprint density at radius 3 is 2.38 bits per heavy atom. The third kappa shape index (κ3) is 4.17. The van der Waals surface area contributed by atoms with Crippen LogP contribution in [0.15, 0.2) is 41.3 Å². The fourth-order valence-electron chi connectivity index (χ4n) is 2.49. The first-order chi connectivity index (χ1) is 12.2. The quantitative estimate of drug-likeness (QED) is 0.730. The Labute approximate surface area is 158 Å². The van der Waals surface area contributed by atoms with Crippen LogP contribution in [0.1, 0.15) is 29.8 Å². The van der Waals surface area contributed by atoms with Gasteiger partial charge in [0, 0.05) is 13.1 Å². The summed E-state index contributed by atoms with van der Waals surface area (Å²) < 4.78 is 26.6.